The first-order valence-electron chi connectivity index (χ1n) is 6.78. The standard InChI is InChI=1S/C15H21FN2O/c1-4-12-10-18(8-7-17(12)3)15(19)13-9-11(2)5-6-14(13)16/h5-6,9,12H,4,7-8,10H2,1-3H3. The van der Waals surface area contributed by atoms with Crippen LogP contribution in [0.5, 0.6) is 0 Å². The smallest absolute Gasteiger partial charge is 0.256 e. The monoisotopic (exact) mass is 264 g/mol. The van der Waals surface area contributed by atoms with Gasteiger partial charge >= 0.3 is 0 Å². The maximum atomic E-state index is 13.8. The molecule has 1 aliphatic rings. The van der Waals surface area contributed by atoms with Crippen molar-refractivity contribution >= 4 is 5.91 Å². The summed E-state index contributed by atoms with van der Waals surface area (Å²) in [5.41, 5.74) is 1.10. The van der Waals surface area contributed by atoms with Gasteiger partial charge in [0, 0.05) is 25.7 Å². The quantitative estimate of drug-likeness (QED) is 0.818. The average Bonchev–Trinajstić information content (AvgIpc) is 2.41. The number of amides is 1. The van der Waals surface area contributed by atoms with Crippen molar-refractivity contribution in [3.8, 4) is 0 Å². The number of carbonyl (C=O) groups excluding carboxylic acids is 1. The van der Waals surface area contributed by atoms with Crippen LogP contribution < -0.4 is 0 Å². The molecule has 4 heteroatoms. The van der Waals surface area contributed by atoms with Gasteiger partial charge in [0.2, 0.25) is 0 Å². The highest BCUT2D eigenvalue weighted by Crippen LogP contribution is 2.17. The van der Waals surface area contributed by atoms with Gasteiger partial charge < -0.3 is 4.90 Å². The van der Waals surface area contributed by atoms with Crippen molar-refractivity contribution in [1.29, 1.82) is 0 Å². The molecule has 3 nitrogen and oxygen atoms in total. The van der Waals surface area contributed by atoms with Gasteiger partial charge in [0.15, 0.2) is 0 Å². The number of carbonyl (C=O) groups is 1. The molecular formula is C15H21FN2O. The van der Waals surface area contributed by atoms with Crippen LogP contribution in [0.15, 0.2) is 18.2 Å². The van der Waals surface area contributed by atoms with Crippen molar-refractivity contribution < 1.29 is 9.18 Å². The molecule has 1 amide bonds. The summed E-state index contributed by atoms with van der Waals surface area (Å²) in [4.78, 5) is 16.4. The first-order valence-corrected chi connectivity index (χ1v) is 6.78. The molecule has 19 heavy (non-hydrogen) atoms. The van der Waals surface area contributed by atoms with Gasteiger partial charge in [-0.05, 0) is 32.5 Å². The molecule has 0 spiro atoms. The van der Waals surface area contributed by atoms with E-state index in [4.69, 9.17) is 0 Å². The lowest BCUT2D eigenvalue weighted by molar-refractivity contribution is 0.0537. The molecule has 1 aliphatic heterocycles. The number of hydrogen-bond donors (Lipinski definition) is 0. The van der Waals surface area contributed by atoms with E-state index in [0.717, 1.165) is 18.5 Å². The normalized spacial score (nSPS) is 20.6. The van der Waals surface area contributed by atoms with Gasteiger partial charge in [-0.3, -0.25) is 9.69 Å². The van der Waals surface area contributed by atoms with Crippen LogP contribution in [-0.2, 0) is 0 Å². The molecule has 1 saturated heterocycles. The average molecular weight is 264 g/mol. The number of benzene rings is 1. The van der Waals surface area contributed by atoms with Crippen LogP contribution in [0.1, 0.15) is 29.3 Å². The SMILES string of the molecule is CCC1CN(C(=O)c2cc(C)ccc2F)CCN1C. The van der Waals surface area contributed by atoms with Crippen LogP contribution in [0.3, 0.4) is 0 Å². The van der Waals surface area contributed by atoms with Crippen molar-refractivity contribution in [3.63, 3.8) is 0 Å². The van der Waals surface area contributed by atoms with Gasteiger partial charge in [-0.25, -0.2) is 4.39 Å². The fourth-order valence-electron chi connectivity index (χ4n) is 2.54. The lowest BCUT2D eigenvalue weighted by Gasteiger charge is -2.39. The van der Waals surface area contributed by atoms with Crippen molar-refractivity contribution in [2.75, 3.05) is 26.7 Å². The molecule has 0 aliphatic carbocycles. The summed E-state index contributed by atoms with van der Waals surface area (Å²) in [6, 6.07) is 5.06. The Labute approximate surface area is 114 Å². The Morgan fingerprint density at radius 2 is 2.16 bits per heavy atom. The van der Waals surface area contributed by atoms with Crippen molar-refractivity contribution in [2.24, 2.45) is 0 Å². The highest BCUT2D eigenvalue weighted by molar-refractivity contribution is 5.94. The van der Waals surface area contributed by atoms with E-state index in [2.05, 4.69) is 18.9 Å². The zero-order chi connectivity index (χ0) is 14.0. The van der Waals surface area contributed by atoms with Crippen LogP contribution in [0.2, 0.25) is 0 Å². The van der Waals surface area contributed by atoms with Gasteiger partial charge in [-0.15, -0.1) is 0 Å². The zero-order valence-electron chi connectivity index (χ0n) is 11.8. The van der Waals surface area contributed by atoms with Crippen LogP contribution >= 0.6 is 0 Å². The molecule has 0 N–H and O–H groups in total. The van der Waals surface area contributed by atoms with Crippen molar-refractivity contribution in [2.45, 2.75) is 26.3 Å². The number of hydrogen-bond acceptors (Lipinski definition) is 2. The van der Waals surface area contributed by atoms with Crippen LogP contribution in [0.25, 0.3) is 0 Å². The Morgan fingerprint density at radius 3 is 2.84 bits per heavy atom. The molecule has 0 saturated carbocycles. The largest absolute Gasteiger partial charge is 0.336 e. The lowest BCUT2D eigenvalue weighted by Crippen LogP contribution is -2.53. The number of piperazine rings is 1. The molecule has 0 radical (unpaired) electrons. The fourth-order valence-corrected chi connectivity index (χ4v) is 2.54. The molecule has 1 atom stereocenters. The number of rotatable bonds is 2. The van der Waals surface area contributed by atoms with E-state index in [0.29, 0.717) is 19.1 Å². The summed E-state index contributed by atoms with van der Waals surface area (Å²) in [6.07, 6.45) is 0.997. The second kappa shape index (κ2) is 5.70. The van der Waals surface area contributed by atoms with E-state index in [1.54, 1.807) is 17.0 Å². The maximum Gasteiger partial charge on any atom is 0.256 e. The summed E-state index contributed by atoms with van der Waals surface area (Å²) < 4.78 is 13.8. The summed E-state index contributed by atoms with van der Waals surface area (Å²) in [5, 5.41) is 0. The topological polar surface area (TPSA) is 23.6 Å². The summed E-state index contributed by atoms with van der Waals surface area (Å²) in [7, 11) is 2.07. The third-order valence-corrected chi connectivity index (χ3v) is 3.89. The van der Waals surface area contributed by atoms with E-state index in [1.807, 2.05) is 6.92 Å². The summed E-state index contributed by atoms with van der Waals surface area (Å²) in [5.74, 6) is -0.615. The fraction of sp³-hybridized carbons (Fsp3) is 0.533. The molecule has 1 heterocycles. The van der Waals surface area contributed by atoms with Crippen LogP contribution in [0.4, 0.5) is 4.39 Å². The van der Waals surface area contributed by atoms with Gasteiger partial charge in [0.1, 0.15) is 5.82 Å². The molecule has 1 fully saturated rings. The van der Waals surface area contributed by atoms with Crippen molar-refractivity contribution in [1.82, 2.24) is 9.80 Å². The minimum Gasteiger partial charge on any atom is -0.336 e. The van der Waals surface area contributed by atoms with Gasteiger partial charge in [-0.1, -0.05) is 18.6 Å². The number of halogens is 1. The Hall–Kier alpha value is -1.42. The molecule has 1 aromatic carbocycles. The maximum absolute atomic E-state index is 13.8. The second-order valence-electron chi connectivity index (χ2n) is 5.28. The van der Waals surface area contributed by atoms with E-state index >= 15 is 0 Å². The van der Waals surface area contributed by atoms with Crippen LogP contribution in [0, 0.1) is 12.7 Å². The number of nitrogens with zero attached hydrogens (tertiary/aromatic N) is 2. The number of likely N-dealkylation sites (N-methyl/N-ethyl adjacent to an activating group) is 1. The molecule has 1 unspecified atom stereocenters. The van der Waals surface area contributed by atoms with Gasteiger partial charge in [0.05, 0.1) is 5.56 Å². The zero-order valence-corrected chi connectivity index (χ0v) is 11.8. The first kappa shape index (κ1) is 14.0. The highest BCUT2D eigenvalue weighted by Gasteiger charge is 2.27. The Morgan fingerprint density at radius 1 is 1.42 bits per heavy atom. The van der Waals surface area contributed by atoms with Crippen LogP contribution in [-0.4, -0.2) is 48.4 Å². The lowest BCUT2D eigenvalue weighted by atomic mass is 10.1. The Bertz CT molecular complexity index is 475. The first-order chi connectivity index (χ1) is 9.02. The minimum absolute atomic E-state index is 0.187. The third-order valence-electron chi connectivity index (χ3n) is 3.89. The van der Waals surface area contributed by atoms with E-state index in [9.17, 15) is 9.18 Å². The predicted octanol–water partition coefficient (Wildman–Crippen LogP) is 2.30. The van der Waals surface area contributed by atoms with E-state index in [-0.39, 0.29) is 11.5 Å². The Balaban J connectivity index is 2.18. The van der Waals surface area contributed by atoms with Crippen molar-refractivity contribution in [3.05, 3.63) is 35.1 Å². The highest BCUT2D eigenvalue weighted by atomic mass is 19.1. The van der Waals surface area contributed by atoms with E-state index in [1.165, 1.54) is 6.07 Å². The molecule has 2 rings (SSSR count). The third kappa shape index (κ3) is 2.95. The molecule has 0 aromatic heterocycles. The molecule has 104 valence electrons. The Kier molecular flexibility index (Phi) is 4.20. The molecule has 1 aromatic rings. The predicted molar refractivity (Wildman–Crippen MR) is 73.7 cm³/mol. The minimum atomic E-state index is -0.428. The number of aryl methyl sites for hydroxylation is 1. The van der Waals surface area contributed by atoms with Gasteiger partial charge in [0.25, 0.3) is 5.91 Å². The second-order valence-corrected chi connectivity index (χ2v) is 5.28. The van der Waals surface area contributed by atoms with E-state index < -0.39 is 5.82 Å². The van der Waals surface area contributed by atoms with Gasteiger partial charge in [-0.2, -0.15) is 0 Å². The molecule has 0 bridgehead atoms. The summed E-state index contributed by atoms with van der Waals surface area (Å²) in [6.45, 7) is 6.17. The summed E-state index contributed by atoms with van der Waals surface area (Å²) >= 11 is 0. The molecular weight excluding hydrogens is 243 g/mol.